The summed E-state index contributed by atoms with van der Waals surface area (Å²) in [5.41, 5.74) is 1.75. The summed E-state index contributed by atoms with van der Waals surface area (Å²) in [5, 5.41) is 28.8. The van der Waals surface area contributed by atoms with Crippen LogP contribution in [0.3, 0.4) is 0 Å². The maximum Gasteiger partial charge on any atom is 0.130 e. The molecular formula is C13H12O3. The molecule has 0 aromatic heterocycles. The van der Waals surface area contributed by atoms with E-state index in [0.717, 1.165) is 0 Å². The topological polar surface area (TPSA) is 60.7 Å². The first-order chi connectivity index (χ1) is 7.59. The zero-order valence-corrected chi connectivity index (χ0v) is 8.81. The van der Waals surface area contributed by atoms with Gasteiger partial charge in [0.15, 0.2) is 0 Å². The Labute approximate surface area is 93.2 Å². The molecule has 0 radical (unpaired) electrons. The maximum absolute atomic E-state index is 9.88. The Kier molecular flexibility index (Phi) is 2.44. The van der Waals surface area contributed by atoms with Crippen LogP contribution in [0.5, 0.6) is 17.2 Å². The van der Waals surface area contributed by atoms with Crippen molar-refractivity contribution in [2.75, 3.05) is 0 Å². The van der Waals surface area contributed by atoms with Gasteiger partial charge in [-0.2, -0.15) is 0 Å². The van der Waals surface area contributed by atoms with Gasteiger partial charge < -0.3 is 15.3 Å². The Hall–Kier alpha value is -2.16. The molecule has 2 rings (SSSR count). The van der Waals surface area contributed by atoms with Crippen molar-refractivity contribution in [1.29, 1.82) is 0 Å². The van der Waals surface area contributed by atoms with E-state index in [1.807, 2.05) is 0 Å². The first kappa shape index (κ1) is 10.4. The molecule has 0 spiro atoms. The molecule has 0 unspecified atom stereocenters. The molecule has 16 heavy (non-hydrogen) atoms. The third kappa shape index (κ3) is 1.67. The van der Waals surface area contributed by atoms with Crippen LogP contribution in [0.1, 0.15) is 5.56 Å². The smallest absolute Gasteiger partial charge is 0.130 e. The minimum Gasteiger partial charge on any atom is -0.508 e. The van der Waals surface area contributed by atoms with Crippen molar-refractivity contribution in [3.8, 4) is 28.4 Å². The van der Waals surface area contributed by atoms with Crippen molar-refractivity contribution in [2.45, 2.75) is 6.92 Å². The first-order valence-corrected chi connectivity index (χ1v) is 4.90. The summed E-state index contributed by atoms with van der Waals surface area (Å²) in [7, 11) is 0. The summed E-state index contributed by atoms with van der Waals surface area (Å²) in [6.45, 7) is 1.76. The summed E-state index contributed by atoms with van der Waals surface area (Å²) in [6.07, 6.45) is 0. The van der Waals surface area contributed by atoms with Gasteiger partial charge in [-0.05, 0) is 36.2 Å². The van der Waals surface area contributed by atoms with Crippen LogP contribution in [-0.4, -0.2) is 15.3 Å². The Bertz CT molecular complexity index is 515. The predicted molar refractivity (Wildman–Crippen MR) is 61.6 cm³/mol. The monoisotopic (exact) mass is 216 g/mol. The van der Waals surface area contributed by atoms with Gasteiger partial charge in [-0.1, -0.05) is 18.2 Å². The average Bonchev–Trinajstić information content (AvgIpc) is 2.27. The van der Waals surface area contributed by atoms with Crippen molar-refractivity contribution < 1.29 is 15.3 Å². The highest BCUT2D eigenvalue weighted by Crippen LogP contribution is 2.39. The highest BCUT2D eigenvalue weighted by molar-refractivity contribution is 5.77. The number of hydrogen-bond acceptors (Lipinski definition) is 3. The molecule has 0 aliphatic carbocycles. The molecule has 2 aromatic rings. The Morgan fingerprint density at radius 3 is 2.06 bits per heavy atom. The Morgan fingerprint density at radius 1 is 0.812 bits per heavy atom. The highest BCUT2D eigenvalue weighted by Gasteiger charge is 2.11. The SMILES string of the molecule is Cc1ccc(O)c(-c2ccc(O)cc2)c1O. The van der Waals surface area contributed by atoms with Crippen molar-refractivity contribution in [3.05, 3.63) is 42.0 Å². The van der Waals surface area contributed by atoms with Crippen LogP contribution in [0.15, 0.2) is 36.4 Å². The van der Waals surface area contributed by atoms with Gasteiger partial charge in [0.1, 0.15) is 17.2 Å². The molecule has 0 aliphatic rings. The molecule has 0 aliphatic heterocycles. The summed E-state index contributed by atoms with van der Waals surface area (Å²) in [6, 6.07) is 9.49. The molecule has 0 fully saturated rings. The van der Waals surface area contributed by atoms with Gasteiger partial charge in [0, 0.05) is 0 Å². The van der Waals surface area contributed by atoms with Gasteiger partial charge in [0.25, 0.3) is 0 Å². The quantitative estimate of drug-likeness (QED) is 0.686. The lowest BCUT2D eigenvalue weighted by Crippen LogP contribution is -1.83. The molecule has 82 valence electrons. The van der Waals surface area contributed by atoms with Gasteiger partial charge in [-0.25, -0.2) is 0 Å². The molecule has 3 heteroatoms. The van der Waals surface area contributed by atoms with Crippen LogP contribution < -0.4 is 0 Å². The van der Waals surface area contributed by atoms with E-state index in [2.05, 4.69) is 0 Å². The Morgan fingerprint density at radius 2 is 1.44 bits per heavy atom. The van der Waals surface area contributed by atoms with Crippen LogP contribution in [0, 0.1) is 6.92 Å². The molecule has 0 amide bonds. The lowest BCUT2D eigenvalue weighted by atomic mass is 10.0. The molecule has 0 atom stereocenters. The van der Waals surface area contributed by atoms with Crippen LogP contribution in [0.4, 0.5) is 0 Å². The molecule has 0 saturated carbocycles. The van der Waals surface area contributed by atoms with Gasteiger partial charge in [0.2, 0.25) is 0 Å². The fourth-order valence-corrected chi connectivity index (χ4v) is 1.60. The number of phenols is 3. The highest BCUT2D eigenvalue weighted by atomic mass is 16.3. The van der Waals surface area contributed by atoms with E-state index >= 15 is 0 Å². The zero-order chi connectivity index (χ0) is 11.7. The van der Waals surface area contributed by atoms with Crippen molar-refractivity contribution in [1.82, 2.24) is 0 Å². The molecule has 0 saturated heterocycles. The largest absolute Gasteiger partial charge is 0.508 e. The minimum absolute atomic E-state index is 0.0220. The predicted octanol–water partition coefficient (Wildman–Crippen LogP) is 2.78. The second-order valence-electron chi connectivity index (χ2n) is 3.67. The van der Waals surface area contributed by atoms with Crippen molar-refractivity contribution in [3.63, 3.8) is 0 Å². The first-order valence-electron chi connectivity index (χ1n) is 4.90. The number of benzene rings is 2. The maximum atomic E-state index is 9.88. The van der Waals surface area contributed by atoms with Crippen LogP contribution in [-0.2, 0) is 0 Å². The number of rotatable bonds is 1. The fraction of sp³-hybridized carbons (Fsp3) is 0.0769. The molecule has 3 N–H and O–H groups in total. The van der Waals surface area contributed by atoms with Gasteiger partial charge in [0.05, 0.1) is 5.56 Å². The summed E-state index contributed by atoms with van der Waals surface area (Å²) < 4.78 is 0. The second kappa shape index (κ2) is 3.77. The van der Waals surface area contributed by atoms with E-state index in [1.54, 1.807) is 25.1 Å². The summed E-state index contributed by atoms with van der Waals surface area (Å²) >= 11 is 0. The number of aryl methyl sites for hydroxylation is 1. The third-order valence-electron chi connectivity index (χ3n) is 2.51. The molecule has 2 aromatic carbocycles. The lowest BCUT2D eigenvalue weighted by molar-refractivity contribution is 0.451. The summed E-state index contributed by atoms with van der Waals surface area (Å²) in [4.78, 5) is 0. The van der Waals surface area contributed by atoms with Gasteiger partial charge in [-0.15, -0.1) is 0 Å². The van der Waals surface area contributed by atoms with Gasteiger partial charge >= 0.3 is 0 Å². The molecule has 0 heterocycles. The molecule has 0 bridgehead atoms. The lowest BCUT2D eigenvalue weighted by Gasteiger charge is -2.09. The van der Waals surface area contributed by atoms with Crippen molar-refractivity contribution >= 4 is 0 Å². The number of phenolic OH excluding ortho intramolecular Hbond substituents is 3. The van der Waals surface area contributed by atoms with E-state index in [4.69, 9.17) is 0 Å². The third-order valence-corrected chi connectivity index (χ3v) is 2.51. The van der Waals surface area contributed by atoms with Crippen LogP contribution in [0.2, 0.25) is 0 Å². The summed E-state index contributed by atoms with van der Waals surface area (Å²) in [5.74, 6) is 0.231. The fourth-order valence-electron chi connectivity index (χ4n) is 1.60. The second-order valence-corrected chi connectivity index (χ2v) is 3.67. The van der Waals surface area contributed by atoms with Crippen LogP contribution >= 0.6 is 0 Å². The minimum atomic E-state index is 0.0220. The van der Waals surface area contributed by atoms with Gasteiger partial charge in [-0.3, -0.25) is 0 Å². The standard InChI is InChI=1S/C13H12O3/c1-8-2-7-11(15)12(13(8)16)9-3-5-10(14)6-4-9/h2-7,14-16H,1H3. The number of aromatic hydroxyl groups is 3. The average molecular weight is 216 g/mol. The van der Waals surface area contributed by atoms with E-state index in [1.165, 1.54) is 18.2 Å². The van der Waals surface area contributed by atoms with E-state index in [-0.39, 0.29) is 17.2 Å². The van der Waals surface area contributed by atoms with E-state index in [0.29, 0.717) is 16.7 Å². The normalized spacial score (nSPS) is 10.3. The van der Waals surface area contributed by atoms with Crippen molar-refractivity contribution in [2.24, 2.45) is 0 Å². The molecule has 3 nitrogen and oxygen atoms in total. The van der Waals surface area contributed by atoms with E-state index < -0.39 is 0 Å². The van der Waals surface area contributed by atoms with Crippen LogP contribution in [0.25, 0.3) is 11.1 Å². The zero-order valence-electron chi connectivity index (χ0n) is 8.81. The number of hydrogen-bond donors (Lipinski definition) is 3. The van der Waals surface area contributed by atoms with E-state index in [9.17, 15) is 15.3 Å². The molecular weight excluding hydrogens is 204 g/mol. The Balaban J connectivity index is 2.63.